The normalized spacial score (nSPS) is 19.5. The fraction of sp³-hybridized carbons (Fsp3) is 0.450. The zero-order chi connectivity index (χ0) is 21.9. The number of nitrogens with zero attached hydrogens (tertiary/aromatic N) is 3. The number of nitrogens with one attached hydrogen (secondary N) is 1. The third-order valence-corrected chi connectivity index (χ3v) is 5.12. The van der Waals surface area contributed by atoms with E-state index in [1.54, 1.807) is 4.90 Å². The maximum Gasteiger partial charge on any atom is 0.332 e. The summed E-state index contributed by atoms with van der Waals surface area (Å²) in [6.07, 6.45) is 1.18. The number of piperidine rings is 1. The molecule has 162 valence electrons. The summed E-state index contributed by atoms with van der Waals surface area (Å²) in [6, 6.07) is 6.72. The molecule has 1 saturated heterocycles. The summed E-state index contributed by atoms with van der Waals surface area (Å²) < 4.78 is 20.7. The molecule has 2 aromatic rings. The van der Waals surface area contributed by atoms with Gasteiger partial charge in [-0.25, -0.2) is 9.18 Å². The zero-order valence-corrected chi connectivity index (χ0v) is 16.9. The van der Waals surface area contributed by atoms with Crippen molar-refractivity contribution >= 4 is 11.7 Å². The lowest BCUT2D eigenvalue weighted by atomic mass is 9.93. The van der Waals surface area contributed by atoms with Gasteiger partial charge in [0.2, 0.25) is 5.91 Å². The number of benzene rings is 1. The van der Waals surface area contributed by atoms with Gasteiger partial charge in [0.05, 0.1) is 6.54 Å². The molecule has 1 amide bonds. The number of ether oxygens (including phenoxy) is 1. The Kier molecular flexibility index (Phi) is 6.37. The predicted molar refractivity (Wildman–Crippen MR) is 108 cm³/mol. The van der Waals surface area contributed by atoms with Crippen LogP contribution in [0.1, 0.15) is 12.8 Å². The Bertz CT molecular complexity index is 1030. The van der Waals surface area contributed by atoms with Crippen LogP contribution in [0.4, 0.5) is 10.2 Å². The SMILES string of the molecule is Cn1c(NC(=O)CN2CCCC(O)(COc3ccc(F)cc3)C2)cc(=O)n(C)c1=O. The second-order valence-corrected chi connectivity index (χ2v) is 7.60. The van der Waals surface area contributed by atoms with Crippen LogP contribution in [-0.4, -0.2) is 56.9 Å². The highest BCUT2D eigenvalue weighted by atomic mass is 19.1. The van der Waals surface area contributed by atoms with E-state index in [9.17, 15) is 23.9 Å². The van der Waals surface area contributed by atoms with Gasteiger partial charge in [-0.15, -0.1) is 0 Å². The van der Waals surface area contributed by atoms with Crippen molar-refractivity contribution in [3.8, 4) is 5.75 Å². The number of carbonyl (C=O) groups is 1. The van der Waals surface area contributed by atoms with Gasteiger partial charge in [0.15, 0.2) is 0 Å². The first-order chi connectivity index (χ1) is 14.2. The van der Waals surface area contributed by atoms with Gasteiger partial charge >= 0.3 is 5.69 Å². The fourth-order valence-electron chi connectivity index (χ4n) is 3.45. The van der Waals surface area contributed by atoms with Crippen LogP contribution >= 0.6 is 0 Å². The minimum absolute atomic E-state index is 0.0116. The predicted octanol–water partition coefficient (Wildman–Crippen LogP) is 0.0675. The first-order valence-electron chi connectivity index (χ1n) is 9.57. The Labute approximate surface area is 172 Å². The van der Waals surface area contributed by atoms with Crippen molar-refractivity contribution in [1.82, 2.24) is 14.0 Å². The molecule has 1 aromatic heterocycles. The Morgan fingerprint density at radius 3 is 2.63 bits per heavy atom. The smallest absolute Gasteiger partial charge is 0.332 e. The van der Waals surface area contributed by atoms with Crippen LogP contribution in [0.5, 0.6) is 5.75 Å². The minimum atomic E-state index is -1.15. The quantitative estimate of drug-likeness (QED) is 0.685. The summed E-state index contributed by atoms with van der Waals surface area (Å²) in [5, 5.41) is 13.4. The topological polar surface area (TPSA) is 106 Å². The number of carbonyl (C=O) groups excluding carboxylic acids is 1. The molecule has 30 heavy (non-hydrogen) atoms. The molecule has 1 unspecified atom stereocenters. The van der Waals surface area contributed by atoms with E-state index in [0.717, 1.165) is 4.57 Å². The third kappa shape index (κ3) is 5.14. The van der Waals surface area contributed by atoms with E-state index in [-0.39, 0.29) is 31.3 Å². The van der Waals surface area contributed by atoms with E-state index < -0.39 is 22.8 Å². The summed E-state index contributed by atoms with van der Waals surface area (Å²) in [4.78, 5) is 38.0. The van der Waals surface area contributed by atoms with Crippen molar-refractivity contribution in [1.29, 1.82) is 0 Å². The van der Waals surface area contributed by atoms with E-state index in [1.807, 2.05) is 0 Å². The van der Waals surface area contributed by atoms with E-state index in [0.29, 0.717) is 25.1 Å². The summed E-state index contributed by atoms with van der Waals surface area (Å²) in [5.41, 5.74) is -2.20. The van der Waals surface area contributed by atoms with E-state index >= 15 is 0 Å². The summed E-state index contributed by atoms with van der Waals surface area (Å²) in [7, 11) is 2.82. The lowest BCUT2D eigenvalue weighted by Gasteiger charge is -2.38. The van der Waals surface area contributed by atoms with Crippen LogP contribution in [0.25, 0.3) is 0 Å². The third-order valence-electron chi connectivity index (χ3n) is 5.12. The lowest BCUT2D eigenvalue weighted by molar-refractivity contribution is -0.120. The molecule has 0 bridgehead atoms. The molecular formula is C20H25FN4O5. The number of rotatable bonds is 6. The Hall–Kier alpha value is -2.98. The number of aromatic nitrogens is 2. The van der Waals surface area contributed by atoms with Gasteiger partial charge in [-0.3, -0.25) is 23.6 Å². The van der Waals surface area contributed by atoms with Crippen LogP contribution in [-0.2, 0) is 18.9 Å². The average molecular weight is 420 g/mol. The molecule has 1 aliphatic rings. The molecule has 0 saturated carbocycles. The highest BCUT2D eigenvalue weighted by Gasteiger charge is 2.34. The summed E-state index contributed by atoms with van der Waals surface area (Å²) in [6.45, 7) is 0.834. The average Bonchev–Trinajstić information content (AvgIpc) is 2.70. The number of hydrogen-bond acceptors (Lipinski definition) is 6. The number of hydrogen-bond donors (Lipinski definition) is 2. The molecule has 9 nitrogen and oxygen atoms in total. The van der Waals surface area contributed by atoms with Crippen LogP contribution in [0.3, 0.4) is 0 Å². The summed E-state index contributed by atoms with van der Waals surface area (Å²) in [5.74, 6) is -0.210. The molecule has 1 aromatic carbocycles. The lowest BCUT2D eigenvalue weighted by Crippen LogP contribution is -2.53. The van der Waals surface area contributed by atoms with Gasteiger partial charge in [0.1, 0.15) is 29.6 Å². The molecule has 1 fully saturated rings. The summed E-state index contributed by atoms with van der Waals surface area (Å²) >= 11 is 0. The second kappa shape index (κ2) is 8.80. The van der Waals surface area contributed by atoms with Crippen molar-refractivity contribution in [3.63, 3.8) is 0 Å². The second-order valence-electron chi connectivity index (χ2n) is 7.60. The zero-order valence-electron chi connectivity index (χ0n) is 16.9. The monoisotopic (exact) mass is 420 g/mol. The Morgan fingerprint density at radius 1 is 1.23 bits per heavy atom. The van der Waals surface area contributed by atoms with Gasteiger partial charge in [0.25, 0.3) is 5.56 Å². The fourth-order valence-corrected chi connectivity index (χ4v) is 3.45. The van der Waals surface area contributed by atoms with Crippen LogP contribution < -0.4 is 21.3 Å². The maximum absolute atomic E-state index is 13.0. The molecule has 2 heterocycles. The van der Waals surface area contributed by atoms with Gasteiger partial charge < -0.3 is 15.2 Å². The van der Waals surface area contributed by atoms with Crippen LogP contribution in [0.2, 0.25) is 0 Å². The molecule has 1 aliphatic heterocycles. The number of aliphatic hydroxyl groups is 1. The number of β-amino-alcohol motifs (C(OH)–C–C–N with tert-alkyl or cyclic N) is 1. The van der Waals surface area contributed by atoms with E-state index in [1.165, 1.54) is 49.0 Å². The molecule has 10 heteroatoms. The minimum Gasteiger partial charge on any atom is -0.491 e. The van der Waals surface area contributed by atoms with E-state index in [2.05, 4.69) is 5.32 Å². The Morgan fingerprint density at radius 2 is 1.93 bits per heavy atom. The molecule has 3 rings (SSSR count). The highest BCUT2D eigenvalue weighted by Crippen LogP contribution is 2.23. The largest absolute Gasteiger partial charge is 0.491 e. The van der Waals surface area contributed by atoms with Crippen molar-refractivity contribution in [2.24, 2.45) is 14.1 Å². The van der Waals surface area contributed by atoms with Crippen molar-refractivity contribution in [2.45, 2.75) is 18.4 Å². The molecule has 2 N–H and O–H groups in total. The molecule has 1 atom stereocenters. The van der Waals surface area contributed by atoms with Crippen molar-refractivity contribution in [2.75, 3.05) is 31.6 Å². The van der Waals surface area contributed by atoms with Crippen molar-refractivity contribution < 1.29 is 19.0 Å². The van der Waals surface area contributed by atoms with Crippen LogP contribution in [0, 0.1) is 5.82 Å². The molecule has 0 radical (unpaired) electrons. The number of anilines is 1. The van der Waals surface area contributed by atoms with E-state index in [4.69, 9.17) is 4.74 Å². The highest BCUT2D eigenvalue weighted by molar-refractivity contribution is 5.91. The maximum atomic E-state index is 13.0. The number of amides is 1. The first kappa shape index (κ1) is 21.7. The molecule has 0 aliphatic carbocycles. The molecular weight excluding hydrogens is 395 g/mol. The number of likely N-dealkylation sites (tertiary alicyclic amines) is 1. The van der Waals surface area contributed by atoms with Crippen LogP contribution in [0.15, 0.2) is 39.9 Å². The van der Waals surface area contributed by atoms with Gasteiger partial charge in [-0.2, -0.15) is 0 Å². The van der Waals surface area contributed by atoms with Gasteiger partial charge in [-0.1, -0.05) is 0 Å². The van der Waals surface area contributed by atoms with Crippen molar-refractivity contribution in [3.05, 3.63) is 57.0 Å². The molecule has 0 spiro atoms. The Balaban J connectivity index is 1.59. The standard InChI is InChI=1S/C20H25FN4O5/c1-23-16(10-18(27)24(2)19(23)28)22-17(26)11-25-9-3-8-20(29,12-25)13-30-15-6-4-14(21)5-7-15/h4-7,10,29H,3,8-9,11-13H2,1-2H3,(H,22,26). The van der Waals surface area contributed by atoms with Gasteiger partial charge in [0, 0.05) is 26.7 Å². The first-order valence-corrected chi connectivity index (χ1v) is 9.57. The number of halogens is 1. The van der Waals surface area contributed by atoms with Gasteiger partial charge in [-0.05, 0) is 43.7 Å².